The normalized spacial score (nSPS) is 15.0. The van der Waals surface area contributed by atoms with Crippen LogP contribution >= 0.6 is 0 Å². The molecule has 0 heterocycles. The molecule has 0 aromatic carbocycles. The van der Waals surface area contributed by atoms with Crippen molar-refractivity contribution >= 4 is 41.4 Å². The Labute approximate surface area is 354 Å². The fourth-order valence-corrected chi connectivity index (χ4v) is 6.48. The van der Waals surface area contributed by atoms with Crippen molar-refractivity contribution in [1.82, 2.24) is 37.2 Å². The van der Waals surface area contributed by atoms with Gasteiger partial charge in [0.1, 0.15) is 36.3 Å². The topological polar surface area (TPSA) is 244 Å². The van der Waals surface area contributed by atoms with Crippen LogP contribution in [0.1, 0.15) is 159 Å². The van der Waals surface area contributed by atoms with Crippen LogP contribution in [0.25, 0.3) is 0 Å². The maximum absolute atomic E-state index is 13.6. The lowest BCUT2D eigenvalue weighted by atomic mass is 9.97. The van der Waals surface area contributed by atoms with E-state index in [1.54, 1.807) is 41.5 Å². The van der Waals surface area contributed by atoms with E-state index in [1.165, 1.54) is 85.0 Å². The molecule has 0 bridgehead atoms. The summed E-state index contributed by atoms with van der Waals surface area (Å²) in [5, 5.41) is 37.9. The fourth-order valence-electron chi connectivity index (χ4n) is 6.48. The third kappa shape index (κ3) is 23.6. The molecule has 0 radical (unpaired) electrons. The molecule has 7 atom stereocenters. The molecule has 0 aliphatic carbocycles. The number of aliphatic hydroxyl groups excluding tert-OH is 2. The SMILES string of the molecule is CCCCCCCCCCCCCCCCNC(=O)[C@@H](NC(=O)[C@H](C)NC(=O)[C@@H](NC(=O)[C@@H](NC(=O)[C@@H](NC(=O)[C@H](CO)NC(C)=O)C(C)C)C(C)C)C(C)C)[C@@H](C)O. The van der Waals surface area contributed by atoms with Gasteiger partial charge < -0.3 is 47.4 Å². The highest BCUT2D eigenvalue weighted by Gasteiger charge is 2.35. The largest absolute Gasteiger partial charge is 0.394 e. The summed E-state index contributed by atoms with van der Waals surface area (Å²) in [6.07, 6.45) is 15.8. The van der Waals surface area contributed by atoms with E-state index in [9.17, 15) is 43.8 Å². The van der Waals surface area contributed by atoms with Gasteiger partial charge in [0.05, 0.1) is 12.7 Å². The molecule has 342 valence electrons. The monoisotopic (exact) mass is 840 g/mol. The Balaban J connectivity index is 5.12. The fraction of sp³-hybridized carbons (Fsp3) is 0.837. The van der Waals surface area contributed by atoms with E-state index < -0.39 is 108 Å². The van der Waals surface area contributed by atoms with Crippen LogP contribution < -0.4 is 37.2 Å². The zero-order valence-corrected chi connectivity index (χ0v) is 37.8. The minimum atomic E-state index is -1.28. The maximum Gasteiger partial charge on any atom is 0.245 e. The molecule has 0 aromatic rings. The Hall–Kier alpha value is -3.79. The molecule has 0 fully saturated rings. The average molecular weight is 840 g/mol. The van der Waals surface area contributed by atoms with E-state index in [4.69, 9.17) is 0 Å². The zero-order valence-electron chi connectivity index (χ0n) is 37.8. The Kier molecular flexibility index (Phi) is 29.1. The number of hydrogen-bond donors (Lipinski definition) is 9. The van der Waals surface area contributed by atoms with Crippen LogP contribution in [0, 0.1) is 17.8 Å². The predicted octanol–water partition coefficient (Wildman–Crippen LogP) is 2.87. The Morgan fingerprint density at radius 1 is 0.441 bits per heavy atom. The molecule has 0 saturated heterocycles. The summed E-state index contributed by atoms with van der Waals surface area (Å²) in [5.41, 5.74) is 0. The summed E-state index contributed by atoms with van der Waals surface area (Å²) in [5.74, 6) is -5.95. The smallest absolute Gasteiger partial charge is 0.245 e. The highest BCUT2D eigenvalue weighted by molar-refractivity contribution is 5.97. The van der Waals surface area contributed by atoms with E-state index in [-0.39, 0.29) is 0 Å². The van der Waals surface area contributed by atoms with Crippen molar-refractivity contribution in [3.05, 3.63) is 0 Å². The summed E-state index contributed by atoms with van der Waals surface area (Å²) < 4.78 is 0. The van der Waals surface area contributed by atoms with Crippen molar-refractivity contribution in [3.63, 3.8) is 0 Å². The first-order chi connectivity index (χ1) is 27.8. The van der Waals surface area contributed by atoms with Crippen molar-refractivity contribution in [3.8, 4) is 0 Å². The number of carbonyl (C=O) groups excluding carboxylic acids is 7. The summed E-state index contributed by atoms with van der Waals surface area (Å²) in [4.78, 5) is 90.6. The summed E-state index contributed by atoms with van der Waals surface area (Å²) >= 11 is 0. The third-order valence-electron chi connectivity index (χ3n) is 10.3. The zero-order chi connectivity index (χ0) is 45.1. The van der Waals surface area contributed by atoms with Gasteiger partial charge in [0.25, 0.3) is 0 Å². The van der Waals surface area contributed by atoms with E-state index >= 15 is 0 Å². The maximum atomic E-state index is 13.6. The van der Waals surface area contributed by atoms with Gasteiger partial charge >= 0.3 is 0 Å². The second-order valence-electron chi connectivity index (χ2n) is 17.0. The first-order valence-corrected chi connectivity index (χ1v) is 22.1. The van der Waals surface area contributed by atoms with Crippen LogP contribution in [0.2, 0.25) is 0 Å². The molecule has 9 N–H and O–H groups in total. The van der Waals surface area contributed by atoms with Gasteiger partial charge in [-0.2, -0.15) is 0 Å². The van der Waals surface area contributed by atoms with Gasteiger partial charge in [0.15, 0.2) is 0 Å². The van der Waals surface area contributed by atoms with E-state index in [0.29, 0.717) is 6.54 Å². The Morgan fingerprint density at radius 2 is 0.797 bits per heavy atom. The molecule has 0 aromatic heterocycles. The summed E-state index contributed by atoms with van der Waals surface area (Å²) in [7, 11) is 0. The Morgan fingerprint density at radius 3 is 1.15 bits per heavy atom. The van der Waals surface area contributed by atoms with Crippen molar-refractivity contribution < 1.29 is 43.8 Å². The lowest BCUT2D eigenvalue weighted by Crippen LogP contribution is -2.62. The van der Waals surface area contributed by atoms with Crippen molar-refractivity contribution in [2.45, 2.75) is 201 Å². The number of rotatable bonds is 32. The van der Waals surface area contributed by atoms with Crippen LogP contribution in [-0.2, 0) is 33.6 Å². The van der Waals surface area contributed by atoms with Crippen molar-refractivity contribution in [2.75, 3.05) is 13.2 Å². The number of carbonyl (C=O) groups is 7. The van der Waals surface area contributed by atoms with Crippen molar-refractivity contribution in [1.29, 1.82) is 0 Å². The minimum absolute atomic E-state index is 0.408. The number of nitrogens with one attached hydrogen (secondary N) is 7. The van der Waals surface area contributed by atoms with Crippen LogP contribution in [-0.4, -0.2) is 107 Å². The first-order valence-electron chi connectivity index (χ1n) is 22.1. The molecule has 0 aliphatic rings. The van der Waals surface area contributed by atoms with Crippen molar-refractivity contribution in [2.24, 2.45) is 17.8 Å². The number of unbranched alkanes of at least 4 members (excludes halogenated alkanes) is 13. The van der Waals surface area contributed by atoms with Gasteiger partial charge in [-0.25, -0.2) is 0 Å². The standard InChI is InChI=1S/C43H81N7O9/c1-11-12-13-14-15-16-17-18-19-20-21-22-23-24-25-44-40(56)37(31(9)52)50-38(54)30(8)45-41(57)34(27(2)3)48-43(59)36(29(6)7)49-42(58)35(28(4)5)47-39(55)33(26-51)46-32(10)53/h27-31,33-37,51-52H,11-26H2,1-10H3,(H,44,56)(H,45,57)(H,46,53)(H,47,55)(H,48,59)(H,49,58)(H,50,54)/t30-,31+,33-,34-,35-,36-,37-/m0/s1. The molecule has 0 spiro atoms. The second-order valence-corrected chi connectivity index (χ2v) is 17.0. The second kappa shape index (κ2) is 31.1. The van der Waals surface area contributed by atoms with Gasteiger partial charge in [-0.3, -0.25) is 33.6 Å². The quantitative estimate of drug-likeness (QED) is 0.0452. The molecule has 16 heteroatoms. The molecule has 7 amide bonds. The van der Waals surface area contributed by atoms with Crippen LogP contribution in [0.3, 0.4) is 0 Å². The number of aliphatic hydroxyl groups is 2. The lowest BCUT2D eigenvalue weighted by molar-refractivity contribution is -0.137. The van der Waals surface area contributed by atoms with Gasteiger partial charge in [-0.15, -0.1) is 0 Å². The third-order valence-corrected chi connectivity index (χ3v) is 10.3. The molecule has 59 heavy (non-hydrogen) atoms. The summed E-state index contributed by atoms with van der Waals surface area (Å²) in [6, 6.07) is -7.05. The van der Waals surface area contributed by atoms with E-state index in [2.05, 4.69) is 44.1 Å². The minimum Gasteiger partial charge on any atom is -0.394 e. The van der Waals surface area contributed by atoms with Gasteiger partial charge in [0.2, 0.25) is 41.4 Å². The highest BCUT2D eigenvalue weighted by Crippen LogP contribution is 2.13. The summed E-state index contributed by atoms with van der Waals surface area (Å²) in [6.45, 7) is 16.1. The first kappa shape index (κ1) is 55.2. The van der Waals surface area contributed by atoms with E-state index in [0.717, 1.165) is 25.7 Å². The van der Waals surface area contributed by atoms with Crippen LogP contribution in [0.15, 0.2) is 0 Å². The number of hydrogen-bond acceptors (Lipinski definition) is 9. The molecule has 0 aliphatic heterocycles. The van der Waals surface area contributed by atoms with Gasteiger partial charge in [-0.1, -0.05) is 132 Å². The molecule has 0 rings (SSSR count). The van der Waals surface area contributed by atoms with Gasteiger partial charge in [0, 0.05) is 13.5 Å². The molecular weight excluding hydrogens is 759 g/mol. The van der Waals surface area contributed by atoms with E-state index in [1.807, 2.05) is 0 Å². The average Bonchev–Trinajstić information content (AvgIpc) is 3.16. The van der Waals surface area contributed by atoms with Gasteiger partial charge in [-0.05, 0) is 38.0 Å². The highest BCUT2D eigenvalue weighted by atomic mass is 16.3. The predicted molar refractivity (Wildman–Crippen MR) is 230 cm³/mol. The molecule has 16 nitrogen and oxygen atoms in total. The van der Waals surface area contributed by atoms with Crippen LogP contribution in [0.4, 0.5) is 0 Å². The lowest BCUT2D eigenvalue weighted by Gasteiger charge is -2.30. The molecular formula is C43H81N7O9. The molecule has 0 saturated carbocycles. The number of amides is 7. The molecule has 0 unspecified atom stereocenters. The Bertz CT molecular complexity index is 1280. The van der Waals surface area contributed by atoms with Crippen LogP contribution in [0.5, 0.6) is 0 Å².